The number of anilines is 1. The maximum absolute atomic E-state index is 13.0. The van der Waals surface area contributed by atoms with Crippen LogP contribution in [0.4, 0.5) is 9.80 Å². The van der Waals surface area contributed by atoms with E-state index in [2.05, 4.69) is 10.6 Å². The molecule has 4 amide bonds. The van der Waals surface area contributed by atoms with Gasteiger partial charge in [-0.25, -0.2) is 9.59 Å². The van der Waals surface area contributed by atoms with E-state index in [0.29, 0.717) is 22.9 Å². The van der Waals surface area contributed by atoms with Crippen molar-refractivity contribution >= 4 is 40.2 Å². The zero-order chi connectivity index (χ0) is 21.5. The number of hydrogen-bond acceptors (Lipinski definition) is 6. The molecule has 162 valence electrons. The van der Waals surface area contributed by atoms with Gasteiger partial charge in [-0.15, -0.1) is 11.3 Å². The number of nitrogens with one attached hydrogen (secondary N) is 2. The van der Waals surface area contributed by atoms with Gasteiger partial charge in [-0.2, -0.15) is 0 Å². The lowest BCUT2D eigenvalue weighted by Crippen LogP contribution is -2.54. The Labute approximate surface area is 179 Å². The number of imide groups is 1. The van der Waals surface area contributed by atoms with E-state index in [1.165, 1.54) is 11.3 Å². The van der Waals surface area contributed by atoms with Crippen LogP contribution in [0.2, 0.25) is 0 Å². The van der Waals surface area contributed by atoms with Gasteiger partial charge in [0.05, 0.1) is 12.2 Å². The van der Waals surface area contributed by atoms with Crippen LogP contribution in [0.15, 0.2) is 5.38 Å². The van der Waals surface area contributed by atoms with E-state index in [1.807, 2.05) is 12.3 Å². The molecule has 9 heteroatoms. The van der Waals surface area contributed by atoms with Crippen molar-refractivity contribution in [3.8, 4) is 0 Å². The third-order valence-electron chi connectivity index (χ3n) is 6.37. The molecular weight excluding hydrogens is 406 g/mol. The molecule has 1 aliphatic heterocycles. The first-order valence-corrected chi connectivity index (χ1v) is 11.5. The number of carbonyl (C=O) groups excluding carboxylic acids is 4. The highest BCUT2D eigenvalue weighted by Gasteiger charge is 2.55. The zero-order valence-corrected chi connectivity index (χ0v) is 18.1. The van der Waals surface area contributed by atoms with Crippen molar-refractivity contribution in [1.82, 2.24) is 10.2 Å². The summed E-state index contributed by atoms with van der Waals surface area (Å²) in [7, 11) is 0. The highest BCUT2D eigenvalue weighted by atomic mass is 32.1. The Bertz CT molecular complexity index is 893. The molecule has 2 atom stereocenters. The fourth-order valence-corrected chi connectivity index (χ4v) is 5.57. The Balaban J connectivity index is 1.48. The molecule has 2 heterocycles. The Hall–Kier alpha value is -2.42. The Morgan fingerprint density at radius 1 is 1.30 bits per heavy atom. The molecule has 3 aliphatic rings. The number of rotatable bonds is 6. The van der Waals surface area contributed by atoms with Gasteiger partial charge in [0.2, 0.25) is 5.91 Å². The number of urea groups is 1. The third-order valence-corrected chi connectivity index (χ3v) is 7.29. The number of nitrogens with zero attached hydrogens (tertiary/aromatic N) is 1. The highest BCUT2D eigenvalue weighted by molar-refractivity contribution is 7.15. The number of thiophene rings is 1. The minimum Gasteiger partial charge on any atom is -0.462 e. The van der Waals surface area contributed by atoms with Crippen LogP contribution in [0, 0.1) is 5.92 Å². The summed E-state index contributed by atoms with van der Waals surface area (Å²) >= 11 is 1.27. The molecule has 1 spiro atoms. The summed E-state index contributed by atoms with van der Waals surface area (Å²) in [5, 5.41) is 7.87. The van der Waals surface area contributed by atoms with Crippen LogP contribution >= 0.6 is 11.3 Å². The molecule has 1 saturated heterocycles. The van der Waals surface area contributed by atoms with Gasteiger partial charge in [0.25, 0.3) is 5.91 Å². The van der Waals surface area contributed by atoms with Gasteiger partial charge in [-0.3, -0.25) is 14.5 Å². The van der Waals surface area contributed by atoms with E-state index in [0.717, 1.165) is 42.6 Å². The Morgan fingerprint density at radius 2 is 2.07 bits per heavy atom. The van der Waals surface area contributed by atoms with Crippen molar-refractivity contribution in [2.75, 3.05) is 18.5 Å². The molecule has 2 N–H and O–H groups in total. The lowest BCUT2D eigenvalue weighted by atomic mass is 9.73. The number of carbonyl (C=O) groups is 4. The van der Waals surface area contributed by atoms with Crippen molar-refractivity contribution in [3.05, 3.63) is 16.5 Å². The first-order chi connectivity index (χ1) is 14.4. The van der Waals surface area contributed by atoms with Gasteiger partial charge >= 0.3 is 12.0 Å². The summed E-state index contributed by atoms with van der Waals surface area (Å²) in [4.78, 5) is 51.7. The lowest BCUT2D eigenvalue weighted by Gasteiger charge is -2.36. The number of hydrogen-bond donors (Lipinski definition) is 2. The minimum absolute atomic E-state index is 0.0320. The fourth-order valence-electron chi connectivity index (χ4n) is 4.52. The molecule has 0 aromatic carbocycles. The number of amides is 4. The molecule has 2 saturated carbocycles. The summed E-state index contributed by atoms with van der Waals surface area (Å²) in [6, 6.07) is -0.528. The second kappa shape index (κ2) is 8.02. The van der Waals surface area contributed by atoms with Crippen LogP contribution in [-0.2, 0) is 14.3 Å². The Morgan fingerprint density at radius 3 is 2.73 bits per heavy atom. The van der Waals surface area contributed by atoms with E-state index >= 15 is 0 Å². The average molecular weight is 434 g/mol. The first kappa shape index (κ1) is 20.8. The highest BCUT2D eigenvalue weighted by Crippen LogP contribution is 2.46. The van der Waals surface area contributed by atoms with E-state index < -0.39 is 23.4 Å². The number of ether oxygens (including phenoxy) is 1. The molecule has 0 bridgehead atoms. The molecule has 3 fully saturated rings. The van der Waals surface area contributed by atoms with Gasteiger partial charge in [0, 0.05) is 0 Å². The second-order valence-electron chi connectivity index (χ2n) is 8.38. The van der Waals surface area contributed by atoms with Gasteiger partial charge in [0.1, 0.15) is 17.1 Å². The third kappa shape index (κ3) is 3.59. The van der Waals surface area contributed by atoms with Crippen LogP contribution in [-0.4, -0.2) is 47.4 Å². The SMILES string of the molecule is CCOC(=O)c1c(C2CC2)csc1NC(=O)CN1C(=O)NC2(CCCCC2C)C1=O. The molecule has 0 radical (unpaired) electrons. The van der Waals surface area contributed by atoms with E-state index in [4.69, 9.17) is 4.74 Å². The van der Waals surface area contributed by atoms with Gasteiger partial charge < -0.3 is 15.4 Å². The standard InChI is InChI=1S/C21H27N3O5S/c1-3-29-18(26)16-14(13-7-8-13)11-30-17(16)22-15(25)10-24-19(27)21(23-20(24)28)9-5-4-6-12(21)2/h11-13H,3-10H2,1-2H3,(H,22,25)(H,23,28). The lowest BCUT2D eigenvalue weighted by molar-refractivity contribution is -0.136. The molecular formula is C21H27N3O5S. The van der Waals surface area contributed by atoms with E-state index in [1.54, 1.807) is 6.92 Å². The zero-order valence-electron chi connectivity index (χ0n) is 17.3. The predicted molar refractivity (Wildman–Crippen MR) is 111 cm³/mol. The Kier molecular flexibility index (Phi) is 5.57. The van der Waals surface area contributed by atoms with Crippen molar-refractivity contribution in [1.29, 1.82) is 0 Å². The van der Waals surface area contributed by atoms with Crippen molar-refractivity contribution in [2.45, 2.75) is 63.8 Å². The first-order valence-electron chi connectivity index (χ1n) is 10.6. The molecule has 2 unspecified atom stereocenters. The maximum atomic E-state index is 13.0. The van der Waals surface area contributed by atoms with Crippen LogP contribution in [0.3, 0.4) is 0 Å². The summed E-state index contributed by atoms with van der Waals surface area (Å²) in [6.45, 7) is 3.57. The predicted octanol–water partition coefficient (Wildman–Crippen LogP) is 3.24. The fraction of sp³-hybridized carbons (Fsp3) is 0.619. The molecule has 4 rings (SSSR count). The normalized spacial score (nSPS) is 26.1. The van der Waals surface area contributed by atoms with Gasteiger partial charge in [-0.05, 0) is 55.4 Å². The molecule has 2 aliphatic carbocycles. The molecule has 8 nitrogen and oxygen atoms in total. The molecule has 1 aromatic rings. The van der Waals surface area contributed by atoms with Crippen molar-refractivity contribution in [3.63, 3.8) is 0 Å². The average Bonchev–Trinajstić information content (AvgIpc) is 3.43. The van der Waals surface area contributed by atoms with Crippen molar-refractivity contribution in [2.24, 2.45) is 5.92 Å². The molecule has 30 heavy (non-hydrogen) atoms. The summed E-state index contributed by atoms with van der Waals surface area (Å²) in [5.41, 5.74) is 0.402. The van der Waals surface area contributed by atoms with E-state index in [9.17, 15) is 19.2 Å². The van der Waals surface area contributed by atoms with Crippen molar-refractivity contribution < 1.29 is 23.9 Å². The van der Waals surface area contributed by atoms with E-state index in [-0.39, 0.29) is 25.0 Å². The minimum atomic E-state index is -0.895. The summed E-state index contributed by atoms with van der Waals surface area (Å²) in [6.07, 6.45) is 5.40. The summed E-state index contributed by atoms with van der Waals surface area (Å²) in [5.74, 6) is -0.936. The topological polar surface area (TPSA) is 105 Å². The van der Waals surface area contributed by atoms with Gasteiger partial charge in [-0.1, -0.05) is 19.8 Å². The summed E-state index contributed by atoms with van der Waals surface area (Å²) < 4.78 is 5.17. The largest absolute Gasteiger partial charge is 0.462 e. The maximum Gasteiger partial charge on any atom is 0.341 e. The number of esters is 1. The quantitative estimate of drug-likeness (QED) is 0.529. The van der Waals surface area contributed by atoms with Gasteiger partial charge in [0.15, 0.2) is 0 Å². The smallest absolute Gasteiger partial charge is 0.341 e. The molecule has 1 aromatic heterocycles. The monoisotopic (exact) mass is 433 g/mol. The van der Waals surface area contributed by atoms with Crippen LogP contribution < -0.4 is 10.6 Å². The van der Waals surface area contributed by atoms with Crippen LogP contribution in [0.1, 0.15) is 74.2 Å². The second-order valence-corrected chi connectivity index (χ2v) is 9.26. The van der Waals surface area contributed by atoms with Crippen LogP contribution in [0.25, 0.3) is 0 Å². The van der Waals surface area contributed by atoms with Crippen LogP contribution in [0.5, 0.6) is 0 Å².